The lowest BCUT2D eigenvalue weighted by molar-refractivity contribution is -0.137. The van der Waals surface area contributed by atoms with Crippen molar-refractivity contribution in [2.45, 2.75) is 32.2 Å². The molecule has 0 saturated heterocycles. The van der Waals surface area contributed by atoms with Crippen LogP contribution in [0.2, 0.25) is 0 Å². The van der Waals surface area contributed by atoms with Crippen molar-refractivity contribution < 1.29 is 9.59 Å². The van der Waals surface area contributed by atoms with Gasteiger partial charge in [-0.05, 0) is 30.4 Å². The lowest BCUT2D eigenvalue weighted by Crippen LogP contribution is -2.41. The summed E-state index contributed by atoms with van der Waals surface area (Å²) in [6.07, 6.45) is 2.71. The van der Waals surface area contributed by atoms with E-state index < -0.39 is 11.7 Å². The van der Waals surface area contributed by atoms with Gasteiger partial charge in [-0.2, -0.15) is 0 Å². The van der Waals surface area contributed by atoms with Crippen molar-refractivity contribution >= 4 is 11.7 Å². The Balaban J connectivity index is 2.03. The van der Waals surface area contributed by atoms with E-state index in [2.05, 4.69) is 17.4 Å². The second kappa shape index (κ2) is 4.47. The average Bonchev–Trinajstić information content (AvgIpc) is 2.28. The summed E-state index contributed by atoms with van der Waals surface area (Å²) in [5.41, 5.74) is 2.64. The van der Waals surface area contributed by atoms with Gasteiger partial charge in [0.15, 0.2) is 0 Å². The predicted molar refractivity (Wildman–Crippen MR) is 61.1 cm³/mol. The summed E-state index contributed by atoms with van der Waals surface area (Å²) in [5.74, 6) is -0.886. The van der Waals surface area contributed by atoms with E-state index >= 15 is 0 Å². The van der Waals surface area contributed by atoms with Gasteiger partial charge in [0, 0.05) is 13.0 Å². The number of carbonyl (C=O) groups is 2. The Hall–Kier alpha value is -1.64. The number of benzene rings is 1. The quantitative estimate of drug-likeness (QED) is 0.758. The molecule has 0 fully saturated rings. The molecule has 1 atom stereocenters. The van der Waals surface area contributed by atoms with Crippen molar-refractivity contribution in [2.24, 2.45) is 0 Å². The smallest absolute Gasteiger partial charge is 0.287 e. The van der Waals surface area contributed by atoms with Gasteiger partial charge in [-0.25, -0.2) is 0 Å². The van der Waals surface area contributed by atoms with Crippen LogP contribution in [-0.4, -0.2) is 17.7 Å². The molecular weight excluding hydrogens is 202 g/mol. The summed E-state index contributed by atoms with van der Waals surface area (Å²) >= 11 is 0. The Morgan fingerprint density at radius 3 is 2.62 bits per heavy atom. The molecule has 0 bridgehead atoms. The minimum Gasteiger partial charge on any atom is -0.346 e. The Morgan fingerprint density at radius 1 is 1.25 bits per heavy atom. The van der Waals surface area contributed by atoms with Crippen LogP contribution in [0, 0.1) is 0 Å². The van der Waals surface area contributed by atoms with Gasteiger partial charge in [0.25, 0.3) is 5.91 Å². The summed E-state index contributed by atoms with van der Waals surface area (Å²) in [4.78, 5) is 22.1. The predicted octanol–water partition coefficient (Wildman–Crippen LogP) is 1.25. The number of hydrogen-bond donors (Lipinski definition) is 1. The maximum absolute atomic E-state index is 11.3. The van der Waals surface area contributed by atoms with Crippen LogP contribution in [0.15, 0.2) is 24.3 Å². The second-order valence-corrected chi connectivity index (χ2v) is 4.24. The molecule has 0 saturated carbocycles. The van der Waals surface area contributed by atoms with E-state index in [1.54, 1.807) is 0 Å². The van der Waals surface area contributed by atoms with E-state index in [4.69, 9.17) is 0 Å². The molecule has 1 aliphatic carbocycles. The topological polar surface area (TPSA) is 46.2 Å². The van der Waals surface area contributed by atoms with Crippen LogP contribution in [0.3, 0.4) is 0 Å². The van der Waals surface area contributed by atoms with Crippen molar-refractivity contribution in [1.82, 2.24) is 5.32 Å². The molecule has 3 heteroatoms. The van der Waals surface area contributed by atoms with Crippen LogP contribution in [0.4, 0.5) is 0 Å². The maximum atomic E-state index is 11.3. The van der Waals surface area contributed by atoms with Gasteiger partial charge in [0.1, 0.15) is 0 Å². The van der Waals surface area contributed by atoms with Crippen LogP contribution >= 0.6 is 0 Å². The third kappa shape index (κ3) is 2.30. The fourth-order valence-electron chi connectivity index (χ4n) is 2.11. The highest BCUT2D eigenvalue weighted by Gasteiger charge is 2.20. The van der Waals surface area contributed by atoms with Crippen LogP contribution in [0.25, 0.3) is 0 Å². The zero-order valence-electron chi connectivity index (χ0n) is 9.32. The summed E-state index contributed by atoms with van der Waals surface area (Å²) < 4.78 is 0. The molecule has 0 aliphatic heterocycles. The van der Waals surface area contributed by atoms with Crippen molar-refractivity contribution in [2.75, 3.05) is 0 Å². The van der Waals surface area contributed by atoms with Crippen LogP contribution in [0.1, 0.15) is 24.5 Å². The molecule has 1 aliphatic rings. The fourth-order valence-corrected chi connectivity index (χ4v) is 2.11. The first-order chi connectivity index (χ1) is 7.66. The lowest BCUT2D eigenvalue weighted by atomic mass is 9.88. The van der Waals surface area contributed by atoms with E-state index in [1.807, 2.05) is 12.1 Å². The third-order valence-electron chi connectivity index (χ3n) is 3.00. The summed E-state index contributed by atoms with van der Waals surface area (Å²) in [7, 11) is 0. The number of Topliss-reactive ketones (excluding diaryl/α,β-unsaturated/α-hetero) is 1. The van der Waals surface area contributed by atoms with Gasteiger partial charge in [-0.1, -0.05) is 24.3 Å². The monoisotopic (exact) mass is 217 g/mol. The van der Waals surface area contributed by atoms with Gasteiger partial charge < -0.3 is 5.32 Å². The third-order valence-corrected chi connectivity index (χ3v) is 3.00. The molecule has 0 radical (unpaired) electrons. The second-order valence-electron chi connectivity index (χ2n) is 4.24. The number of hydrogen-bond acceptors (Lipinski definition) is 2. The molecule has 84 valence electrons. The average molecular weight is 217 g/mol. The summed E-state index contributed by atoms with van der Waals surface area (Å²) in [6, 6.07) is 8.35. The molecule has 16 heavy (non-hydrogen) atoms. The molecule has 1 N–H and O–H groups in total. The Labute approximate surface area is 94.9 Å². The van der Waals surface area contributed by atoms with E-state index in [9.17, 15) is 9.59 Å². The highest BCUT2D eigenvalue weighted by atomic mass is 16.2. The van der Waals surface area contributed by atoms with E-state index in [0.29, 0.717) is 0 Å². The van der Waals surface area contributed by atoms with Gasteiger partial charge in [-0.3, -0.25) is 9.59 Å². The van der Waals surface area contributed by atoms with Crippen LogP contribution in [0.5, 0.6) is 0 Å². The first-order valence-electron chi connectivity index (χ1n) is 5.55. The number of rotatable bonds is 2. The zero-order chi connectivity index (χ0) is 11.5. The number of nitrogens with one attached hydrogen (secondary N) is 1. The lowest BCUT2D eigenvalue weighted by Gasteiger charge is -2.24. The van der Waals surface area contributed by atoms with Gasteiger partial charge in [0.05, 0.1) is 0 Å². The molecule has 1 amide bonds. The number of fused-ring (bicyclic) bond motifs is 1. The van der Waals surface area contributed by atoms with Crippen molar-refractivity contribution in [3.63, 3.8) is 0 Å². The Bertz CT molecular complexity index is 426. The van der Waals surface area contributed by atoms with Crippen molar-refractivity contribution in [3.05, 3.63) is 35.4 Å². The summed E-state index contributed by atoms with van der Waals surface area (Å²) in [5, 5.41) is 2.77. The molecule has 0 spiro atoms. The summed E-state index contributed by atoms with van der Waals surface area (Å²) in [6.45, 7) is 1.30. The van der Waals surface area contributed by atoms with Crippen LogP contribution < -0.4 is 5.32 Å². The van der Waals surface area contributed by atoms with E-state index in [-0.39, 0.29) is 6.04 Å². The standard InChI is InChI=1S/C13H15NO2/c1-9(15)13(16)14-12-7-6-10-4-2-3-5-11(10)8-12/h2-5,12H,6-8H2,1H3,(H,14,16). The highest BCUT2D eigenvalue weighted by Crippen LogP contribution is 2.20. The van der Waals surface area contributed by atoms with Gasteiger partial charge >= 0.3 is 0 Å². The minimum absolute atomic E-state index is 0.103. The molecule has 1 aromatic rings. The Morgan fingerprint density at radius 2 is 1.94 bits per heavy atom. The first-order valence-corrected chi connectivity index (χ1v) is 5.55. The highest BCUT2D eigenvalue weighted by molar-refractivity contribution is 6.35. The van der Waals surface area contributed by atoms with Gasteiger partial charge in [-0.15, -0.1) is 0 Å². The van der Waals surface area contributed by atoms with Gasteiger partial charge in [0.2, 0.25) is 5.78 Å². The minimum atomic E-state index is -0.468. The largest absolute Gasteiger partial charge is 0.346 e. The van der Waals surface area contributed by atoms with Crippen LogP contribution in [-0.2, 0) is 22.4 Å². The fraction of sp³-hybridized carbons (Fsp3) is 0.385. The van der Waals surface area contributed by atoms with E-state index in [0.717, 1.165) is 19.3 Å². The molecule has 1 aromatic carbocycles. The zero-order valence-corrected chi connectivity index (χ0v) is 9.32. The molecule has 2 rings (SSSR count). The number of ketones is 1. The van der Waals surface area contributed by atoms with E-state index in [1.165, 1.54) is 18.1 Å². The number of carbonyl (C=O) groups excluding carboxylic acids is 2. The SMILES string of the molecule is CC(=O)C(=O)NC1CCc2ccccc2C1. The number of amides is 1. The molecule has 1 unspecified atom stereocenters. The normalized spacial score (nSPS) is 18.7. The molecular formula is C13H15NO2. The molecule has 0 heterocycles. The first kappa shape index (κ1) is 10.9. The molecule has 0 aromatic heterocycles. The maximum Gasteiger partial charge on any atom is 0.287 e. The Kier molecular flexibility index (Phi) is 3.04. The molecule has 3 nitrogen and oxygen atoms in total. The van der Waals surface area contributed by atoms with Crippen molar-refractivity contribution in [1.29, 1.82) is 0 Å². The number of aryl methyl sites for hydroxylation is 1. The van der Waals surface area contributed by atoms with Crippen molar-refractivity contribution in [3.8, 4) is 0 Å².